The first-order valence-corrected chi connectivity index (χ1v) is 5.52. The number of ether oxygens (including phenoxy) is 2. The van der Waals surface area contributed by atoms with Crippen LogP contribution in [0.4, 0.5) is 0 Å². The van der Waals surface area contributed by atoms with Crippen molar-refractivity contribution >= 4 is 6.39 Å². The molecule has 5 atom stereocenters. The molecule has 0 aromatic heterocycles. The van der Waals surface area contributed by atoms with E-state index >= 15 is 0 Å². The van der Waals surface area contributed by atoms with Gasteiger partial charge in [0.05, 0.1) is 13.2 Å². The minimum atomic E-state index is -1.49. The van der Waals surface area contributed by atoms with E-state index in [-0.39, 0.29) is 13.2 Å². The van der Waals surface area contributed by atoms with Gasteiger partial charge in [-0.05, 0) is 0 Å². The van der Waals surface area contributed by atoms with Gasteiger partial charge in [-0.3, -0.25) is 4.79 Å². The summed E-state index contributed by atoms with van der Waals surface area (Å²) in [4.78, 5) is 11.7. The highest BCUT2D eigenvalue weighted by Crippen LogP contribution is 2.21. The molecule has 1 rings (SSSR count). The number of carbonyl (C=O) groups excluding carboxylic acids is 1. The molecule has 1 fully saturated rings. The number of likely N-dealkylation sites (N-methyl/N-ethyl adjacent to an activating group) is 1. The Hall–Kier alpha value is -0.770. The molecule has 0 unspecified atom stereocenters. The third-order valence-corrected chi connectivity index (χ3v) is 2.71. The van der Waals surface area contributed by atoms with E-state index in [4.69, 9.17) is 16.0 Å². The van der Waals surface area contributed by atoms with Crippen LogP contribution in [0.1, 0.15) is 1.37 Å². The van der Waals surface area contributed by atoms with Gasteiger partial charge in [-0.25, -0.2) is 0 Å². The fourth-order valence-corrected chi connectivity index (χ4v) is 1.56. The number of aliphatic hydroxyl groups is 4. The summed E-state index contributed by atoms with van der Waals surface area (Å²) in [6.45, 7) is -0.447. The quantitative estimate of drug-likeness (QED) is 0.389. The van der Waals surface area contributed by atoms with Crippen LogP contribution in [0.15, 0.2) is 0 Å². The largest absolute Gasteiger partial charge is 0.394 e. The van der Waals surface area contributed by atoms with Crippen LogP contribution in [-0.2, 0) is 14.3 Å². The van der Waals surface area contributed by atoms with Gasteiger partial charge in [0.15, 0.2) is 6.29 Å². The molecule has 1 saturated heterocycles. The molecule has 8 heteroatoms. The van der Waals surface area contributed by atoms with Crippen molar-refractivity contribution in [2.75, 3.05) is 26.8 Å². The second-order valence-corrected chi connectivity index (χ2v) is 4.08. The fraction of sp³-hybridized carbons (Fsp3) is 0.900. The molecular formula is C10H19NO7. The summed E-state index contributed by atoms with van der Waals surface area (Å²) in [5.41, 5.74) is 0. The summed E-state index contributed by atoms with van der Waals surface area (Å²) >= 11 is 0. The molecule has 0 aliphatic carbocycles. The molecular weight excluding hydrogens is 246 g/mol. The Morgan fingerprint density at radius 1 is 1.39 bits per heavy atom. The van der Waals surface area contributed by atoms with Crippen LogP contribution in [0.2, 0.25) is 0 Å². The van der Waals surface area contributed by atoms with Crippen LogP contribution in [0.3, 0.4) is 0 Å². The molecule has 0 bridgehead atoms. The number of rotatable bonds is 5. The van der Waals surface area contributed by atoms with Gasteiger partial charge in [-0.2, -0.15) is 0 Å². The summed E-state index contributed by atoms with van der Waals surface area (Å²) < 4.78 is 17.0. The molecule has 0 radical (unpaired) electrons. The molecule has 8 nitrogen and oxygen atoms in total. The van der Waals surface area contributed by atoms with Crippen molar-refractivity contribution in [3.05, 3.63) is 0 Å². The highest BCUT2D eigenvalue weighted by atomic mass is 16.7. The van der Waals surface area contributed by atoms with Crippen molar-refractivity contribution in [3.8, 4) is 0 Å². The Morgan fingerprint density at radius 3 is 2.61 bits per heavy atom. The molecule has 0 spiro atoms. The monoisotopic (exact) mass is 266 g/mol. The zero-order valence-corrected chi connectivity index (χ0v) is 9.97. The van der Waals surface area contributed by atoms with Gasteiger partial charge in [-0.1, -0.05) is 0 Å². The van der Waals surface area contributed by atoms with Gasteiger partial charge >= 0.3 is 0 Å². The molecule has 0 aromatic rings. The SMILES string of the molecule is [2H]C(=O)N(C)CCO[C@@H]1O[C@H](CO)[C@@H](O)[C@H](O)[C@H]1O. The first kappa shape index (κ1) is 13.7. The standard InChI is InChI=1S/C10H19NO7/c1-11(5-13)2-3-17-10-9(16)8(15)7(14)6(4-12)18-10/h5-10,12,14-16H,2-4H2,1H3/t6-,7-,8+,9-,10-/m1/s1/i5D. The first-order valence-electron chi connectivity index (χ1n) is 6.02. The zero-order valence-electron chi connectivity index (χ0n) is 11.0. The van der Waals surface area contributed by atoms with Crippen molar-refractivity contribution in [3.63, 3.8) is 0 Å². The summed E-state index contributed by atoms with van der Waals surface area (Å²) in [6, 6.07) is 0. The van der Waals surface area contributed by atoms with Gasteiger partial charge in [0.2, 0.25) is 6.39 Å². The predicted molar refractivity (Wildman–Crippen MR) is 58.4 cm³/mol. The third-order valence-electron chi connectivity index (χ3n) is 2.71. The topological polar surface area (TPSA) is 120 Å². The highest BCUT2D eigenvalue weighted by molar-refractivity contribution is 5.46. The van der Waals surface area contributed by atoms with Crippen LogP contribution < -0.4 is 0 Å². The van der Waals surface area contributed by atoms with Crippen molar-refractivity contribution < 1.29 is 36.1 Å². The summed E-state index contributed by atoms with van der Waals surface area (Å²) in [6.07, 6.45) is -7.51. The second kappa shape index (κ2) is 6.98. The van der Waals surface area contributed by atoms with Crippen molar-refractivity contribution in [1.82, 2.24) is 4.90 Å². The lowest BCUT2D eigenvalue weighted by Crippen LogP contribution is -2.59. The maximum absolute atomic E-state index is 10.6. The Morgan fingerprint density at radius 2 is 2.06 bits per heavy atom. The minimum absolute atomic E-state index is 0.0240. The average Bonchev–Trinajstić information content (AvgIpc) is 2.38. The summed E-state index contributed by atoms with van der Waals surface area (Å²) in [5, 5.41) is 37.6. The Labute approximate surface area is 106 Å². The molecule has 4 N–H and O–H groups in total. The maximum Gasteiger partial charge on any atom is 0.209 e. The molecule has 18 heavy (non-hydrogen) atoms. The van der Waals surface area contributed by atoms with Gasteiger partial charge in [0.25, 0.3) is 0 Å². The predicted octanol–water partition coefficient (Wildman–Crippen LogP) is -3.11. The molecule has 0 saturated carbocycles. The number of hydrogen-bond donors (Lipinski definition) is 4. The number of hydrogen-bond acceptors (Lipinski definition) is 7. The molecule has 1 aliphatic heterocycles. The summed E-state index contributed by atoms with van der Waals surface area (Å²) in [7, 11) is 1.41. The van der Waals surface area contributed by atoms with E-state index in [2.05, 4.69) is 0 Å². The van der Waals surface area contributed by atoms with Gasteiger partial charge in [0.1, 0.15) is 25.8 Å². The normalized spacial score (nSPS) is 37.2. The van der Waals surface area contributed by atoms with Crippen molar-refractivity contribution in [2.24, 2.45) is 0 Å². The molecule has 106 valence electrons. The first-order chi connectivity index (χ1) is 8.88. The van der Waals surface area contributed by atoms with Crippen LogP contribution in [0.5, 0.6) is 0 Å². The number of nitrogens with zero attached hydrogens (tertiary/aromatic N) is 1. The van der Waals surface area contributed by atoms with E-state index in [1.165, 1.54) is 7.05 Å². The van der Waals surface area contributed by atoms with E-state index in [1.54, 1.807) is 0 Å². The smallest absolute Gasteiger partial charge is 0.209 e. The van der Waals surface area contributed by atoms with Crippen LogP contribution in [0, 0.1) is 0 Å². The average molecular weight is 266 g/mol. The van der Waals surface area contributed by atoms with Gasteiger partial charge in [0, 0.05) is 13.6 Å². The maximum atomic E-state index is 10.6. The van der Waals surface area contributed by atoms with E-state index in [9.17, 15) is 20.1 Å². The molecule has 0 aromatic carbocycles. The van der Waals surface area contributed by atoms with E-state index in [0.717, 1.165) is 4.90 Å². The Bertz CT molecular complexity index is 304. The minimum Gasteiger partial charge on any atom is -0.394 e. The lowest BCUT2D eigenvalue weighted by Gasteiger charge is -2.39. The van der Waals surface area contributed by atoms with Crippen molar-refractivity contribution in [1.29, 1.82) is 0 Å². The third kappa shape index (κ3) is 3.61. The Kier molecular flexibility index (Phi) is 5.29. The van der Waals surface area contributed by atoms with Crippen molar-refractivity contribution in [2.45, 2.75) is 30.7 Å². The van der Waals surface area contributed by atoms with E-state index in [0.29, 0.717) is 0 Å². The van der Waals surface area contributed by atoms with E-state index in [1.807, 2.05) is 0 Å². The van der Waals surface area contributed by atoms with Gasteiger partial charge < -0.3 is 34.8 Å². The van der Waals surface area contributed by atoms with Gasteiger partial charge in [-0.15, -0.1) is 0 Å². The van der Waals surface area contributed by atoms with Crippen LogP contribution in [-0.4, -0.2) is 89.2 Å². The molecule has 1 amide bonds. The lowest BCUT2D eigenvalue weighted by atomic mass is 9.99. The van der Waals surface area contributed by atoms with Crippen LogP contribution >= 0.6 is 0 Å². The van der Waals surface area contributed by atoms with E-state index < -0.39 is 43.7 Å². The fourth-order valence-electron chi connectivity index (χ4n) is 1.56. The lowest BCUT2D eigenvalue weighted by molar-refractivity contribution is -0.301. The highest BCUT2D eigenvalue weighted by Gasteiger charge is 2.43. The second-order valence-electron chi connectivity index (χ2n) is 4.08. The molecule has 1 heterocycles. The number of amides is 1. The van der Waals surface area contributed by atoms with Crippen LogP contribution in [0.25, 0.3) is 0 Å². The summed E-state index contributed by atoms with van der Waals surface area (Å²) in [5.74, 6) is 0. The Balaban J connectivity index is 2.46. The zero-order chi connectivity index (χ0) is 14.6. The number of carbonyl (C=O) groups is 1. The molecule has 1 aliphatic rings. The number of aliphatic hydroxyl groups excluding tert-OH is 4.